The molecular formula is C23H41N3O4. The average Bonchev–Trinajstić information content (AvgIpc) is 3.07. The Balaban J connectivity index is 3.09. The molecule has 1 saturated heterocycles. The zero-order valence-electron chi connectivity index (χ0n) is 20.2. The van der Waals surface area contributed by atoms with E-state index in [1.807, 2.05) is 46.6 Å². The fraction of sp³-hybridized carbons (Fsp3) is 0.783. The molecule has 3 atom stereocenters. The Morgan fingerprint density at radius 2 is 1.87 bits per heavy atom. The van der Waals surface area contributed by atoms with E-state index in [1.54, 1.807) is 31.9 Å². The summed E-state index contributed by atoms with van der Waals surface area (Å²) in [6, 6.07) is -1.15. The number of hydrogen-bond acceptors (Lipinski definition) is 5. The lowest BCUT2D eigenvalue weighted by atomic mass is 9.85. The quantitative estimate of drug-likeness (QED) is 0.480. The normalized spacial score (nSPS) is 20.1. The monoisotopic (exact) mass is 423 g/mol. The lowest BCUT2D eigenvalue weighted by Crippen LogP contribution is -2.58. The van der Waals surface area contributed by atoms with Crippen LogP contribution in [0.5, 0.6) is 0 Å². The van der Waals surface area contributed by atoms with Gasteiger partial charge in [-0.15, -0.1) is 0 Å². The summed E-state index contributed by atoms with van der Waals surface area (Å²) >= 11 is 0. The van der Waals surface area contributed by atoms with Crippen molar-refractivity contribution in [2.24, 2.45) is 11.3 Å². The van der Waals surface area contributed by atoms with Crippen molar-refractivity contribution in [1.82, 2.24) is 15.1 Å². The summed E-state index contributed by atoms with van der Waals surface area (Å²) in [7, 11) is 3.67. The van der Waals surface area contributed by atoms with Gasteiger partial charge in [-0.2, -0.15) is 0 Å². The second-order valence-electron chi connectivity index (χ2n) is 9.70. The van der Waals surface area contributed by atoms with Gasteiger partial charge in [-0.3, -0.25) is 14.5 Å². The first kappa shape index (κ1) is 26.1. The van der Waals surface area contributed by atoms with E-state index >= 15 is 0 Å². The van der Waals surface area contributed by atoms with Crippen LogP contribution in [0.4, 0.5) is 0 Å². The van der Waals surface area contributed by atoms with Crippen molar-refractivity contribution in [3.05, 3.63) is 11.6 Å². The van der Waals surface area contributed by atoms with Gasteiger partial charge >= 0.3 is 5.97 Å². The Morgan fingerprint density at radius 3 is 2.30 bits per heavy atom. The van der Waals surface area contributed by atoms with Gasteiger partial charge in [-0.05, 0) is 51.6 Å². The van der Waals surface area contributed by atoms with Gasteiger partial charge in [0, 0.05) is 12.6 Å². The van der Waals surface area contributed by atoms with Gasteiger partial charge < -0.3 is 15.0 Å². The molecule has 0 aromatic rings. The Morgan fingerprint density at radius 1 is 1.27 bits per heavy atom. The summed E-state index contributed by atoms with van der Waals surface area (Å²) in [5, 5.41) is 3.02. The standard InChI is InChI=1S/C23H41N3O4/c1-10-30-22(29)16(4)14-18(15(2)3)26(9)21(28)19(23(5,6)7)24-20(27)17-12-11-13-25(17)8/h14-15,17-19H,10-13H2,1-9H3,(H,24,27)/b16-14+/t17?,18-,19?/m1/s1. The van der Waals surface area contributed by atoms with Crippen LogP contribution in [0.2, 0.25) is 0 Å². The van der Waals surface area contributed by atoms with Crippen LogP contribution < -0.4 is 5.32 Å². The lowest BCUT2D eigenvalue weighted by Gasteiger charge is -2.38. The van der Waals surface area contributed by atoms with E-state index in [1.165, 1.54) is 0 Å². The largest absolute Gasteiger partial charge is 0.463 e. The highest BCUT2D eigenvalue weighted by molar-refractivity contribution is 5.91. The third-order valence-electron chi connectivity index (χ3n) is 5.72. The fourth-order valence-electron chi connectivity index (χ4n) is 3.80. The molecule has 1 fully saturated rings. The molecule has 0 aromatic heterocycles. The zero-order chi connectivity index (χ0) is 23.2. The van der Waals surface area contributed by atoms with E-state index in [2.05, 4.69) is 5.32 Å². The molecule has 172 valence electrons. The summed E-state index contributed by atoms with van der Waals surface area (Å²) in [5.41, 5.74) is 0.0127. The number of likely N-dealkylation sites (N-methyl/N-ethyl adjacent to an activating group) is 2. The van der Waals surface area contributed by atoms with Gasteiger partial charge in [0.15, 0.2) is 0 Å². The van der Waals surface area contributed by atoms with Crippen molar-refractivity contribution in [3.63, 3.8) is 0 Å². The van der Waals surface area contributed by atoms with Crippen molar-refractivity contribution in [2.45, 2.75) is 79.4 Å². The molecular weight excluding hydrogens is 382 g/mol. The van der Waals surface area contributed by atoms with Crippen LogP contribution >= 0.6 is 0 Å². The molecule has 2 unspecified atom stereocenters. The first-order valence-corrected chi connectivity index (χ1v) is 10.9. The molecule has 0 spiro atoms. The number of amides is 2. The molecule has 0 radical (unpaired) electrons. The summed E-state index contributed by atoms with van der Waals surface area (Å²) in [4.78, 5) is 42.1. The Kier molecular flexibility index (Phi) is 9.53. The van der Waals surface area contributed by atoms with Crippen LogP contribution in [0, 0.1) is 11.3 Å². The summed E-state index contributed by atoms with van der Waals surface area (Å²) < 4.78 is 5.07. The number of nitrogens with zero attached hydrogens (tertiary/aromatic N) is 2. The summed E-state index contributed by atoms with van der Waals surface area (Å²) in [6.07, 6.45) is 3.57. The highest BCUT2D eigenvalue weighted by atomic mass is 16.5. The summed E-state index contributed by atoms with van der Waals surface area (Å²) in [5.74, 6) is -0.561. The minimum atomic E-state index is -0.665. The van der Waals surface area contributed by atoms with Gasteiger partial charge in [0.1, 0.15) is 6.04 Å². The van der Waals surface area contributed by atoms with Crippen molar-refractivity contribution in [1.29, 1.82) is 0 Å². The van der Waals surface area contributed by atoms with Crippen LogP contribution in [-0.2, 0) is 19.1 Å². The van der Waals surface area contributed by atoms with E-state index in [4.69, 9.17) is 4.74 Å². The Bertz CT molecular complexity index is 651. The van der Waals surface area contributed by atoms with Crippen molar-refractivity contribution >= 4 is 17.8 Å². The van der Waals surface area contributed by atoms with E-state index in [9.17, 15) is 14.4 Å². The molecule has 1 aliphatic heterocycles. The maximum absolute atomic E-state index is 13.5. The molecule has 2 amide bonds. The Hall–Kier alpha value is -1.89. The second-order valence-corrected chi connectivity index (χ2v) is 9.70. The second kappa shape index (κ2) is 10.9. The molecule has 0 aromatic carbocycles. The third-order valence-corrected chi connectivity index (χ3v) is 5.72. The number of ether oxygens (including phenoxy) is 1. The number of hydrogen-bond donors (Lipinski definition) is 1. The summed E-state index contributed by atoms with van der Waals surface area (Å²) in [6.45, 7) is 14.5. The van der Waals surface area contributed by atoms with Gasteiger partial charge in [-0.25, -0.2) is 4.79 Å². The molecule has 1 heterocycles. The topological polar surface area (TPSA) is 79.0 Å². The van der Waals surface area contributed by atoms with Gasteiger partial charge in [0.2, 0.25) is 11.8 Å². The minimum Gasteiger partial charge on any atom is -0.463 e. The fourth-order valence-corrected chi connectivity index (χ4v) is 3.80. The van der Waals surface area contributed by atoms with Crippen molar-refractivity contribution in [3.8, 4) is 0 Å². The van der Waals surface area contributed by atoms with Gasteiger partial charge in [-0.1, -0.05) is 40.7 Å². The first-order valence-electron chi connectivity index (χ1n) is 10.9. The van der Waals surface area contributed by atoms with Gasteiger partial charge in [0.25, 0.3) is 0 Å². The molecule has 0 saturated carbocycles. The predicted molar refractivity (Wildman–Crippen MR) is 119 cm³/mol. The smallest absolute Gasteiger partial charge is 0.333 e. The van der Waals surface area contributed by atoms with E-state index in [0.29, 0.717) is 12.2 Å². The van der Waals surface area contributed by atoms with Gasteiger partial charge in [0.05, 0.1) is 18.7 Å². The number of nitrogens with one attached hydrogen (secondary N) is 1. The highest BCUT2D eigenvalue weighted by Gasteiger charge is 2.39. The van der Waals surface area contributed by atoms with Crippen molar-refractivity contribution < 1.29 is 19.1 Å². The molecule has 0 aliphatic carbocycles. The molecule has 30 heavy (non-hydrogen) atoms. The number of esters is 1. The third kappa shape index (κ3) is 6.83. The Labute approximate surface area is 182 Å². The van der Waals surface area contributed by atoms with Crippen LogP contribution in [0.3, 0.4) is 0 Å². The van der Waals surface area contributed by atoms with E-state index in [-0.39, 0.29) is 35.8 Å². The molecule has 7 heteroatoms. The first-order chi connectivity index (χ1) is 13.8. The lowest BCUT2D eigenvalue weighted by molar-refractivity contribution is -0.141. The van der Waals surface area contributed by atoms with Crippen molar-refractivity contribution in [2.75, 3.05) is 27.2 Å². The maximum Gasteiger partial charge on any atom is 0.333 e. The minimum absolute atomic E-state index is 0.0839. The number of carbonyl (C=O) groups is 3. The van der Waals surface area contributed by atoms with Crippen LogP contribution in [-0.4, -0.2) is 73.0 Å². The molecule has 1 aliphatic rings. The van der Waals surface area contributed by atoms with Crippen LogP contribution in [0.1, 0.15) is 61.3 Å². The zero-order valence-corrected chi connectivity index (χ0v) is 20.2. The molecule has 1 rings (SSSR count). The van der Waals surface area contributed by atoms with Crippen LogP contribution in [0.15, 0.2) is 11.6 Å². The van der Waals surface area contributed by atoms with E-state index in [0.717, 1.165) is 19.4 Å². The number of carbonyl (C=O) groups excluding carboxylic acids is 3. The maximum atomic E-state index is 13.5. The SMILES string of the molecule is CCOC(=O)/C(C)=C/[C@H](C(C)C)N(C)C(=O)C(NC(=O)C1CCCN1C)C(C)(C)C. The van der Waals surface area contributed by atoms with E-state index < -0.39 is 11.5 Å². The molecule has 1 N–H and O–H groups in total. The highest BCUT2D eigenvalue weighted by Crippen LogP contribution is 2.25. The number of likely N-dealkylation sites (tertiary alicyclic amines) is 1. The average molecular weight is 424 g/mol. The number of rotatable bonds is 8. The predicted octanol–water partition coefficient (Wildman–Crippen LogP) is 2.60. The molecule has 0 bridgehead atoms. The molecule has 7 nitrogen and oxygen atoms in total. The van der Waals surface area contributed by atoms with Crippen LogP contribution in [0.25, 0.3) is 0 Å².